The van der Waals surface area contributed by atoms with Gasteiger partial charge in [0.1, 0.15) is 6.61 Å². The van der Waals surface area contributed by atoms with Gasteiger partial charge in [0.15, 0.2) is 0 Å². The first-order valence-electron chi connectivity index (χ1n) is 10.2. The van der Waals surface area contributed by atoms with E-state index in [0.717, 1.165) is 44.9 Å². The summed E-state index contributed by atoms with van der Waals surface area (Å²) in [6.45, 7) is 3.69. The Hall–Kier alpha value is -2.82. The molecule has 5 heteroatoms. The molecule has 5 rings (SSSR count). The standard InChI is InChI=1S/C23H25N3O2/c27-23(26-13-9-16(10-14-26)22-24-11-12-25-22)28-15-21-19-7-3-1-5-17(19)18-6-2-4-8-20(18)21/h1-8,16,21H,9-15H2,(H,24,25). The first-order chi connectivity index (χ1) is 13.8. The van der Waals surface area contributed by atoms with E-state index in [0.29, 0.717) is 12.5 Å². The zero-order valence-electron chi connectivity index (χ0n) is 15.9. The van der Waals surface area contributed by atoms with Crippen LogP contribution < -0.4 is 5.32 Å². The lowest BCUT2D eigenvalue weighted by molar-refractivity contribution is 0.0896. The number of fused-ring (bicyclic) bond motifs is 3. The number of amides is 1. The van der Waals surface area contributed by atoms with Gasteiger partial charge in [0, 0.05) is 31.5 Å². The number of ether oxygens (including phenoxy) is 1. The highest BCUT2D eigenvalue weighted by atomic mass is 16.6. The Morgan fingerprint density at radius 3 is 2.29 bits per heavy atom. The predicted octanol–water partition coefficient (Wildman–Crippen LogP) is 3.65. The van der Waals surface area contributed by atoms with Crippen LogP contribution in [-0.4, -0.2) is 49.6 Å². The van der Waals surface area contributed by atoms with Crippen LogP contribution in [-0.2, 0) is 4.74 Å². The average molecular weight is 375 g/mol. The number of nitrogens with zero attached hydrogens (tertiary/aromatic N) is 2. The first kappa shape index (κ1) is 17.3. The third-order valence-corrected chi connectivity index (χ3v) is 6.18. The number of hydrogen-bond donors (Lipinski definition) is 1. The minimum atomic E-state index is -0.193. The van der Waals surface area contributed by atoms with Gasteiger partial charge in [-0.2, -0.15) is 0 Å². The number of amidine groups is 1. The van der Waals surface area contributed by atoms with Gasteiger partial charge in [0.2, 0.25) is 0 Å². The highest BCUT2D eigenvalue weighted by Gasteiger charge is 2.31. The van der Waals surface area contributed by atoms with Gasteiger partial charge in [-0.05, 0) is 35.1 Å². The molecule has 2 aliphatic heterocycles. The summed E-state index contributed by atoms with van der Waals surface area (Å²) >= 11 is 0. The van der Waals surface area contributed by atoms with Crippen molar-refractivity contribution in [3.8, 4) is 11.1 Å². The monoisotopic (exact) mass is 375 g/mol. The lowest BCUT2D eigenvalue weighted by Crippen LogP contribution is -2.42. The Labute approximate surface area is 165 Å². The van der Waals surface area contributed by atoms with E-state index in [9.17, 15) is 4.79 Å². The highest BCUT2D eigenvalue weighted by molar-refractivity contribution is 5.86. The lowest BCUT2D eigenvalue weighted by Gasteiger charge is -2.31. The van der Waals surface area contributed by atoms with Crippen LogP contribution in [0.4, 0.5) is 4.79 Å². The summed E-state index contributed by atoms with van der Waals surface area (Å²) in [7, 11) is 0. The molecule has 0 aromatic heterocycles. The molecule has 1 aliphatic carbocycles. The van der Waals surface area contributed by atoms with E-state index in [-0.39, 0.29) is 12.0 Å². The van der Waals surface area contributed by atoms with E-state index in [1.54, 1.807) is 0 Å². The van der Waals surface area contributed by atoms with E-state index < -0.39 is 0 Å². The minimum absolute atomic E-state index is 0.117. The number of likely N-dealkylation sites (tertiary alicyclic amines) is 1. The van der Waals surface area contributed by atoms with Crippen molar-refractivity contribution in [1.82, 2.24) is 10.2 Å². The largest absolute Gasteiger partial charge is 0.448 e. The normalized spacial score (nSPS) is 19.0. The van der Waals surface area contributed by atoms with Crippen LogP contribution in [0.3, 0.4) is 0 Å². The molecule has 3 aliphatic rings. The maximum atomic E-state index is 12.7. The number of nitrogens with one attached hydrogen (secondary N) is 1. The molecule has 0 saturated carbocycles. The van der Waals surface area contributed by atoms with Crippen molar-refractivity contribution in [2.75, 3.05) is 32.8 Å². The molecule has 2 aromatic rings. The molecule has 2 heterocycles. The van der Waals surface area contributed by atoms with Crippen molar-refractivity contribution in [2.45, 2.75) is 18.8 Å². The van der Waals surface area contributed by atoms with Gasteiger partial charge in [0.25, 0.3) is 0 Å². The molecule has 144 valence electrons. The molecule has 1 N–H and O–H groups in total. The van der Waals surface area contributed by atoms with Crippen molar-refractivity contribution in [2.24, 2.45) is 10.9 Å². The van der Waals surface area contributed by atoms with E-state index in [2.05, 4.69) is 58.8 Å². The van der Waals surface area contributed by atoms with Crippen LogP contribution in [0.15, 0.2) is 53.5 Å². The molecule has 0 unspecified atom stereocenters. The molecule has 28 heavy (non-hydrogen) atoms. The molecule has 1 amide bonds. The van der Waals surface area contributed by atoms with Gasteiger partial charge in [-0.3, -0.25) is 4.99 Å². The van der Waals surface area contributed by atoms with Crippen molar-refractivity contribution in [3.05, 3.63) is 59.7 Å². The van der Waals surface area contributed by atoms with Crippen molar-refractivity contribution in [1.29, 1.82) is 0 Å². The maximum Gasteiger partial charge on any atom is 0.409 e. The fourth-order valence-electron chi connectivity index (χ4n) is 4.71. The van der Waals surface area contributed by atoms with Gasteiger partial charge in [-0.1, -0.05) is 48.5 Å². The molecule has 0 bridgehead atoms. The minimum Gasteiger partial charge on any atom is -0.448 e. The van der Waals surface area contributed by atoms with Crippen LogP contribution in [0.1, 0.15) is 29.9 Å². The Morgan fingerprint density at radius 1 is 1.04 bits per heavy atom. The highest BCUT2D eigenvalue weighted by Crippen LogP contribution is 2.44. The summed E-state index contributed by atoms with van der Waals surface area (Å²) < 4.78 is 5.78. The van der Waals surface area contributed by atoms with Gasteiger partial charge in [0.05, 0.1) is 12.4 Å². The third-order valence-electron chi connectivity index (χ3n) is 6.18. The Kier molecular flexibility index (Phi) is 4.51. The summed E-state index contributed by atoms with van der Waals surface area (Å²) in [4.78, 5) is 19.0. The summed E-state index contributed by atoms with van der Waals surface area (Å²) in [5, 5.41) is 3.37. The van der Waals surface area contributed by atoms with Crippen molar-refractivity contribution in [3.63, 3.8) is 0 Å². The maximum absolute atomic E-state index is 12.7. The summed E-state index contributed by atoms with van der Waals surface area (Å²) in [5.74, 6) is 1.71. The fourth-order valence-corrected chi connectivity index (χ4v) is 4.71. The smallest absolute Gasteiger partial charge is 0.409 e. The predicted molar refractivity (Wildman–Crippen MR) is 110 cm³/mol. The van der Waals surface area contributed by atoms with Crippen LogP contribution in [0.5, 0.6) is 0 Å². The first-order valence-corrected chi connectivity index (χ1v) is 10.2. The fraction of sp³-hybridized carbons (Fsp3) is 0.391. The SMILES string of the molecule is O=C(OCC1c2ccccc2-c2ccccc21)N1CCC(C2=NCCN2)CC1. The number of carbonyl (C=O) groups is 1. The lowest BCUT2D eigenvalue weighted by atomic mass is 9.96. The quantitative estimate of drug-likeness (QED) is 0.891. The van der Waals surface area contributed by atoms with Crippen molar-refractivity contribution >= 4 is 11.9 Å². The van der Waals surface area contributed by atoms with Gasteiger partial charge < -0.3 is 15.0 Å². The van der Waals surface area contributed by atoms with Gasteiger partial charge >= 0.3 is 6.09 Å². The molecule has 2 aromatic carbocycles. The van der Waals surface area contributed by atoms with Crippen LogP contribution in [0, 0.1) is 5.92 Å². The van der Waals surface area contributed by atoms with E-state index in [1.165, 1.54) is 22.3 Å². The molecule has 0 atom stereocenters. The third kappa shape index (κ3) is 3.05. The number of piperidine rings is 1. The molecular weight excluding hydrogens is 350 g/mol. The topological polar surface area (TPSA) is 53.9 Å². The second-order valence-corrected chi connectivity index (χ2v) is 7.76. The molecular formula is C23H25N3O2. The number of hydrogen-bond acceptors (Lipinski definition) is 4. The second kappa shape index (κ2) is 7.30. The van der Waals surface area contributed by atoms with Crippen molar-refractivity contribution < 1.29 is 9.53 Å². The summed E-state index contributed by atoms with van der Waals surface area (Å²) in [6.07, 6.45) is 1.72. The van der Waals surface area contributed by atoms with E-state index in [1.807, 2.05) is 4.90 Å². The number of benzene rings is 2. The molecule has 5 nitrogen and oxygen atoms in total. The van der Waals surface area contributed by atoms with E-state index in [4.69, 9.17) is 4.74 Å². The Balaban J connectivity index is 1.23. The Bertz CT molecular complexity index is 870. The second-order valence-electron chi connectivity index (χ2n) is 7.76. The average Bonchev–Trinajstić information content (AvgIpc) is 3.39. The van der Waals surface area contributed by atoms with Crippen LogP contribution >= 0.6 is 0 Å². The van der Waals surface area contributed by atoms with Gasteiger partial charge in [-0.15, -0.1) is 0 Å². The Morgan fingerprint density at radius 2 is 1.68 bits per heavy atom. The van der Waals surface area contributed by atoms with E-state index >= 15 is 0 Å². The number of carbonyl (C=O) groups excluding carboxylic acids is 1. The van der Waals surface area contributed by atoms with Crippen LogP contribution in [0.25, 0.3) is 11.1 Å². The number of rotatable bonds is 3. The van der Waals surface area contributed by atoms with Gasteiger partial charge in [-0.25, -0.2) is 4.79 Å². The summed E-state index contributed by atoms with van der Waals surface area (Å²) in [6, 6.07) is 16.9. The molecule has 1 saturated heterocycles. The summed E-state index contributed by atoms with van der Waals surface area (Å²) in [5.41, 5.74) is 5.01. The molecule has 1 fully saturated rings. The number of aliphatic imine (C=N–C) groups is 1. The molecule has 0 spiro atoms. The molecule has 0 radical (unpaired) electrons. The zero-order chi connectivity index (χ0) is 18.9. The van der Waals surface area contributed by atoms with Crippen LogP contribution in [0.2, 0.25) is 0 Å². The zero-order valence-corrected chi connectivity index (χ0v) is 15.9.